The minimum absolute atomic E-state index is 0.0670. The smallest absolute Gasteiger partial charge is 0.369 e. The van der Waals surface area contributed by atoms with Gasteiger partial charge in [-0.1, -0.05) is 42.5 Å². The Bertz CT molecular complexity index is 1400. The SMILES string of the molecule is Nc1nccn1-c1nc(C(F)(F)F)nc(-c2ccccc2)c1-c1cccc(S(N)(=O)=O)c1. The number of nitrogens with two attached hydrogens (primary N) is 2. The first kappa shape index (κ1) is 21.5. The lowest BCUT2D eigenvalue weighted by Gasteiger charge is -2.18. The number of halogens is 3. The molecule has 0 radical (unpaired) electrons. The predicted molar refractivity (Wildman–Crippen MR) is 111 cm³/mol. The molecule has 0 amide bonds. The molecule has 0 aliphatic heterocycles. The standard InChI is InChI=1S/C20H15F3N6O2S/c21-20(22,23)18-27-16(12-5-2-1-3-6-12)15(17(28-18)29-10-9-26-19(29)24)13-7-4-8-14(11-13)32(25,30)31/h1-11H,(H2,24,26)(H2,25,30,31). The highest BCUT2D eigenvalue weighted by Gasteiger charge is 2.37. The molecule has 8 nitrogen and oxygen atoms in total. The van der Waals surface area contributed by atoms with Crippen molar-refractivity contribution in [1.29, 1.82) is 0 Å². The summed E-state index contributed by atoms with van der Waals surface area (Å²) in [6.45, 7) is 0. The second-order valence-electron chi connectivity index (χ2n) is 6.69. The first-order valence-electron chi connectivity index (χ1n) is 9.03. The topological polar surface area (TPSA) is 130 Å². The van der Waals surface area contributed by atoms with E-state index in [4.69, 9.17) is 10.9 Å². The van der Waals surface area contributed by atoms with Crippen LogP contribution in [-0.4, -0.2) is 27.9 Å². The summed E-state index contributed by atoms with van der Waals surface area (Å²) < 4.78 is 66.0. The molecule has 4 rings (SSSR count). The van der Waals surface area contributed by atoms with Crippen LogP contribution in [0.4, 0.5) is 19.1 Å². The van der Waals surface area contributed by atoms with Crippen molar-refractivity contribution >= 4 is 16.0 Å². The molecule has 0 saturated heterocycles. The van der Waals surface area contributed by atoms with Gasteiger partial charge in [0.1, 0.15) is 0 Å². The lowest BCUT2D eigenvalue weighted by atomic mass is 9.99. The monoisotopic (exact) mass is 460 g/mol. The predicted octanol–water partition coefficient (Wildman–Crippen LogP) is 3.24. The number of hydrogen-bond acceptors (Lipinski definition) is 6. The van der Waals surface area contributed by atoms with E-state index in [0.29, 0.717) is 5.56 Å². The molecule has 32 heavy (non-hydrogen) atoms. The minimum atomic E-state index is -4.85. The second kappa shape index (κ2) is 7.73. The van der Waals surface area contributed by atoms with Crippen molar-refractivity contribution in [3.05, 3.63) is 72.8 Å². The second-order valence-corrected chi connectivity index (χ2v) is 8.25. The maximum atomic E-state index is 13.7. The van der Waals surface area contributed by atoms with Crippen molar-refractivity contribution in [1.82, 2.24) is 19.5 Å². The molecule has 12 heteroatoms. The van der Waals surface area contributed by atoms with Gasteiger partial charge in [-0.2, -0.15) is 13.2 Å². The number of hydrogen-bond donors (Lipinski definition) is 2. The number of imidazole rings is 1. The van der Waals surface area contributed by atoms with Gasteiger partial charge in [-0.25, -0.2) is 28.5 Å². The molecular weight excluding hydrogens is 445 g/mol. The molecule has 0 bridgehead atoms. The zero-order valence-corrected chi connectivity index (χ0v) is 17.0. The summed E-state index contributed by atoms with van der Waals surface area (Å²) in [7, 11) is -4.08. The van der Waals surface area contributed by atoms with Gasteiger partial charge < -0.3 is 5.73 Å². The van der Waals surface area contributed by atoms with Crippen molar-refractivity contribution < 1.29 is 21.6 Å². The summed E-state index contributed by atoms with van der Waals surface area (Å²) >= 11 is 0. The van der Waals surface area contributed by atoms with Crippen LogP contribution in [0.1, 0.15) is 5.82 Å². The molecule has 2 heterocycles. The highest BCUT2D eigenvalue weighted by molar-refractivity contribution is 7.89. The first-order chi connectivity index (χ1) is 15.1. The van der Waals surface area contributed by atoms with E-state index in [1.807, 2.05) is 0 Å². The fraction of sp³-hybridized carbons (Fsp3) is 0.0500. The zero-order valence-electron chi connectivity index (χ0n) is 16.2. The van der Waals surface area contributed by atoms with Gasteiger partial charge >= 0.3 is 6.18 Å². The zero-order chi connectivity index (χ0) is 23.1. The molecule has 2 aromatic heterocycles. The minimum Gasteiger partial charge on any atom is -0.369 e. The van der Waals surface area contributed by atoms with E-state index in [-0.39, 0.29) is 33.5 Å². The molecule has 0 atom stereocenters. The van der Waals surface area contributed by atoms with Gasteiger partial charge in [0.2, 0.25) is 21.8 Å². The Balaban J connectivity index is 2.15. The van der Waals surface area contributed by atoms with E-state index < -0.39 is 22.0 Å². The summed E-state index contributed by atoms with van der Waals surface area (Å²) in [6.07, 6.45) is -2.20. The molecule has 0 spiro atoms. The summed E-state index contributed by atoms with van der Waals surface area (Å²) in [5, 5.41) is 5.25. The Labute approximate surface area is 180 Å². The number of rotatable bonds is 4. The number of nitrogens with zero attached hydrogens (tertiary/aromatic N) is 4. The van der Waals surface area contributed by atoms with Crippen LogP contribution in [-0.2, 0) is 16.2 Å². The van der Waals surface area contributed by atoms with Gasteiger partial charge in [0.25, 0.3) is 0 Å². The quantitative estimate of drug-likeness (QED) is 0.481. The molecule has 4 N–H and O–H groups in total. The Morgan fingerprint density at radius 3 is 2.22 bits per heavy atom. The average molecular weight is 460 g/mol. The summed E-state index contributed by atoms with van der Waals surface area (Å²) in [4.78, 5) is 11.2. The van der Waals surface area contributed by atoms with Crippen molar-refractivity contribution in [3.63, 3.8) is 0 Å². The van der Waals surface area contributed by atoms with Crippen molar-refractivity contribution in [2.45, 2.75) is 11.1 Å². The van der Waals surface area contributed by atoms with Crippen LogP contribution >= 0.6 is 0 Å². The van der Waals surface area contributed by atoms with Gasteiger partial charge in [-0.3, -0.25) is 4.57 Å². The van der Waals surface area contributed by atoms with E-state index in [1.165, 1.54) is 41.2 Å². The van der Waals surface area contributed by atoms with E-state index in [1.54, 1.807) is 30.3 Å². The van der Waals surface area contributed by atoms with Crippen LogP contribution in [0.25, 0.3) is 28.2 Å². The third-order valence-electron chi connectivity index (χ3n) is 4.54. The van der Waals surface area contributed by atoms with Crippen molar-refractivity contribution in [2.24, 2.45) is 5.14 Å². The third-order valence-corrected chi connectivity index (χ3v) is 5.45. The fourth-order valence-corrected chi connectivity index (χ4v) is 3.70. The Kier molecular flexibility index (Phi) is 5.18. The molecule has 4 aromatic rings. The number of nitrogen functional groups attached to an aromatic ring is 1. The lowest BCUT2D eigenvalue weighted by molar-refractivity contribution is -0.144. The Morgan fingerprint density at radius 2 is 1.62 bits per heavy atom. The summed E-state index contributed by atoms with van der Waals surface area (Å²) in [5.74, 6) is -1.71. The number of primary sulfonamides is 1. The van der Waals surface area contributed by atoms with Crippen LogP contribution in [0, 0.1) is 0 Å². The van der Waals surface area contributed by atoms with E-state index in [9.17, 15) is 21.6 Å². The van der Waals surface area contributed by atoms with Gasteiger partial charge in [-0.05, 0) is 17.7 Å². The van der Waals surface area contributed by atoms with E-state index in [2.05, 4.69) is 15.0 Å². The van der Waals surface area contributed by atoms with Crippen LogP contribution < -0.4 is 10.9 Å². The molecule has 164 valence electrons. The largest absolute Gasteiger partial charge is 0.451 e. The summed E-state index contributed by atoms with van der Waals surface area (Å²) in [5.41, 5.74) is 6.50. The van der Waals surface area contributed by atoms with Crippen LogP contribution in [0.15, 0.2) is 71.9 Å². The molecule has 0 aliphatic rings. The highest BCUT2D eigenvalue weighted by atomic mass is 32.2. The van der Waals surface area contributed by atoms with E-state index >= 15 is 0 Å². The average Bonchev–Trinajstić information content (AvgIpc) is 3.18. The van der Waals surface area contributed by atoms with E-state index in [0.717, 1.165) is 0 Å². The first-order valence-corrected chi connectivity index (χ1v) is 10.6. The molecule has 0 aliphatic carbocycles. The van der Waals surface area contributed by atoms with Gasteiger partial charge in [0.15, 0.2) is 5.82 Å². The molecular formula is C20H15F3N6O2S. The summed E-state index contributed by atoms with van der Waals surface area (Å²) in [6, 6.07) is 13.6. The van der Waals surface area contributed by atoms with Crippen LogP contribution in [0.3, 0.4) is 0 Å². The third kappa shape index (κ3) is 4.05. The maximum Gasteiger partial charge on any atom is 0.451 e. The number of sulfonamides is 1. The highest BCUT2D eigenvalue weighted by Crippen LogP contribution is 2.39. The van der Waals surface area contributed by atoms with Crippen LogP contribution in [0.2, 0.25) is 0 Å². The Hall–Kier alpha value is -3.77. The normalized spacial score (nSPS) is 12.1. The van der Waals surface area contributed by atoms with Gasteiger partial charge in [0.05, 0.1) is 16.2 Å². The number of anilines is 1. The van der Waals surface area contributed by atoms with Gasteiger partial charge in [-0.15, -0.1) is 0 Å². The van der Waals surface area contributed by atoms with Crippen molar-refractivity contribution in [3.8, 4) is 28.2 Å². The number of aromatic nitrogens is 4. The van der Waals surface area contributed by atoms with Crippen molar-refractivity contribution in [2.75, 3.05) is 5.73 Å². The Morgan fingerprint density at radius 1 is 0.938 bits per heavy atom. The molecule has 0 fully saturated rings. The molecule has 0 saturated carbocycles. The fourth-order valence-electron chi connectivity index (χ4n) is 3.14. The maximum absolute atomic E-state index is 13.7. The lowest BCUT2D eigenvalue weighted by Crippen LogP contribution is -2.16. The van der Waals surface area contributed by atoms with Gasteiger partial charge in [0, 0.05) is 18.0 Å². The number of alkyl halides is 3. The molecule has 0 unspecified atom stereocenters. The molecule has 2 aromatic carbocycles. The van der Waals surface area contributed by atoms with Crippen LogP contribution in [0.5, 0.6) is 0 Å². The number of benzene rings is 2.